The van der Waals surface area contributed by atoms with Gasteiger partial charge in [-0.2, -0.15) is 0 Å². The zero-order chi connectivity index (χ0) is 13.5. The fourth-order valence-electron chi connectivity index (χ4n) is 2.07. The first-order chi connectivity index (χ1) is 8.58. The average molecular weight is 251 g/mol. The normalized spacial score (nSPS) is 13.0. The minimum Gasteiger partial charge on any atom is -0.395 e. The standard InChI is InChI=1S/C15H25NO2/c1-4-7-16(8-9-17)11-15(18)14-6-5-12(2)13(3)10-14/h5-6,10,15,17-18H,4,7-9,11H2,1-3H3. The smallest absolute Gasteiger partial charge is 0.0917 e. The van der Waals surface area contributed by atoms with Crippen LogP contribution in [-0.2, 0) is 0 Å². The van der Waals surface area contributed by atoms with E-state index in [1.54, 1.807) is 0 Å². The maximum absolute atomic E-state index is 10.2. The maximum atomic E-state index is 10.2. The topological polar surface area (TPSA) is 43.7 Å². The van der Waals surface area contributed by atoms with Crippen LogP contribution in [-0.4, -0.2) is 41.4 Å². The second-order valence-electron chi connectivity index (χ2n) is 4.88. The first kappa shape index (κ1) is 15.2. The molecular formula is C15H25NO2. The Morgan fingerprint density at radius 2 is 1.89 bits per heavy atom. The van der Waals surface area contributed by atoms with E-state index in [2.05, 4.69) is 25.7 Å². The van der Waals surface area contributed by atoms with Gasteiger partial charge in [0.2, 0.25) is 0 Å². The lowest BCUT2D eigenvalue weighted by molar-refractivity contribution is 0.0998. The van der Waals surface area contributed by atoms with Crippen LogP contribution in [0.1, 0.15) is 36.1 Å². The van der Waals surface area contributed by atoms with E-state index in [1.165, 1.54) is 11.1 Å². The minimum absolute atomic E-state index is 0.139. The fourth-order valence-corrected chi connectivity index (χ4v) is 2.07. The molecule has 1 aromatic carbocycles. The first-order valence-electron chi connectivity index (χ1n) is 6.67. The first-order valence-corrected chi connectivity index (χ1v) is 6.67. The number of aryl methyl sites for hydroxylation is 2. The highest BCUT2D eigenvalue weighted by molar-refractivity contribution is 5.31. The van der Waals surface area contributed by atoms with Crippen LogP contribution >= 0.6 is 0 Å². The molecule has 102 valence electrons. The highest BCUT2D eigenvalue weighted by Crippen LogP contribution is 2.18. The number of rotatable bonds is 7. The molecule has 1 unspecified atom stereocenters. The van der Waals surface area contributed by atoms with Crippen molar-refractivity contribution in [2.75, 3.05) is 26.2 Å². The molecule has 0 spiro atoms. The Kier molecular flexibility index (Phi) is 6.33. The quantitative estimate of drug-likeness (QED) is 0.779. The number of nitrogens with zero attached hydrogens (tertiary/aromatic N) is 1. The number of benzene rings is 1. The van der Waals surface area contributed by atoms with Crippen LogP contribution in [0.4, 0.5) is 0 Å². The van der Waals surface area contributed by atoms with Gasteiger partial charge < -0.3 is 10.2 Å². The highest BCUT2D eigenvalue weighted by atomic mass is 16.3. The largest absolute Gasteiger partial charge is 0.395 e. The summed E-state index contributed by atoms with van der Waals surface area (Å²) in [7, 11) is 0. The van der Waals surface area contributed by atoms with Gasteiger partial charge in [-0.1, -0.05) is 25.1 Å². The highest BCUT2D eigenvalue weighted by Gasteiger charge is 2.13. The van der Waals surface area contributed by atoms with Crippen LogP contribution in [0.2, 0.25) is 0 Å². The van der Waals surface area contributed by atoms with Gasteiger partial charge in [-0.25, -0.2) is 0 Å². The molecule has 0 aromatic heterocycles. The van der Waals surface area contributed by atoms with E-state index in [4.69, 9.17) is 5.11 Å². The van der Waals surface area contributed by atoms with Crippen molar-refractivity contribution in [3.05, 3.63) is 34.9 Å². The number of hydrogen-bond acceptors (Lipinski definition) is 3. The van der Waals surface area contributed by atoms with Gasteiger partial charge in [0.15, 0.2) is 0 Å². The summed E-state index contributed by atoms with van der Waals surface area (Å²) in [6.45, 7) is 8.48. The molecule has 1 aromatic rings. The molecule has 2 N–H and O–H groups in total. The molecule has 1 atom stereocenters. The van der Waals surface area contributed by atoms with Crippen molar-refractivity contribution < 1.29 is 10.2 Å². The van der Waals surface area contributed by atoms with Crippen LogP contribution in [0.3, 0.4) is 0 Å². The monoisotopic (exact) mass is 251 g/mol. The van der Waals surface area contributed by atoms with E-state index in [0.29, 0.717) is 13.1 Å². The molecule has 0 saturated carbocycles. The van der Waals surface area contributed by atoms with E-state index < -0.39 is 6.10 Å². The zero-order valence-electron chi connectivity index (χ0n) is 11.7. The molecule has 0 radical (unpaired) electrons. The van der Waals surface area contributed by atoms with Gasteiger partial charge in [-0.3, -0.25) is 4.90 Å². The molecule has 3 heteroatoms. The lowest BCUT2D eigenvalue weighted by Crippen LogP contribution is -2.32. The van der Waals surface area contributed by atoms with Gasteiger partial charge in [0.1, 0.15) is 0 Å². The SMILES string of the molecule is CCCN(CCO)CC(O)c1ccc(C)c(C)c1. The van der Waals surface area contributed by atoms with Gasteiger partial charge in [0.25, 0.3) is 0 Å². The Labute approximate surface area is 110 Å². The summed E-state index contributed by atoms with van der Waals surface area (Å²) < 4.78 is 0. The number of aliphatic hydroxyl groups is 2. The van der Waals surface area contributed by atoms with Crippen molar-refractivity contribution in [2.45, 2.75) is 33.3 Å². The molecule has 0 aliphatic rings. The third kappa shape index (κ3) is 4.41. The lowest BCUT2D eigenvalue weighted by Gasteiger charge is -2.24. The molecule has 0 amide bonds. The summed E-state index contributed by atoms with van der Waals surface area (Å²) >= 11 is 0. The molecule has 3 nitrogen and oxygen atoms in total. The van der Waals surface area contributed by atoms with Crippen LogP contribution in [0, 0.1) is 13.8 Å². The van der Waals surface area contributed by atoms with Crippen molar-refractivity contribution in [1.29, 1.82) is 0 Å². The summed E-state index contributed by atoms with van der Waals surface area (Å²) in [4.78, 5) is 2.10. The van der Waals surface area contributed by atoms with E-state index >= 15 is 0 Å². The Morgan fingerprint density at radius 3 is 2.44 bits per heavy atom. The minimum atomic E-state index is -0.484. The number of hydrogen-bond donors (Lipinski definition) is 2. The van der Waals surface area contributed by atoms with Crippen LogP contribution in [0.25, 0.3) is 0 Å². The molecule has 0 fully saturated rings. The Hall–Kier alpha value is -0.900. The zero-order valence-corrected chi connectivity index (χ0v) is 11.7. The fraction of sp³-hybridized carbons (Fsp3) is 0.600. The molecule has 0 bridgehead atoms. The number of aliphatic hydroxyl groups excluding tert-OH is 2. The summed E-state index contributed by atoms with van der Waals surface area (Å²) in [5.74, 6) is 0. The third-order valence-corrected chi connectivity index (χ3v) is 3.30. The van der Waals surface area contributed by atoms with Crippen LogP contribution in [0.5, 0.6) is 0 Å². The van der Waals surface area contributed by atoms with Crippen molar-refractivity contribution in [3.8, 4) is 0 Å². The van der Waals surface area contributed by atoms with E-state index in [-0.39, 0.29) is 6.61 Å². The summed E-state index contributed by atoms with van der Waals surface area (Å²) in [5, 5.41) is 19.2. The van der Waals surface area contributed by atoms with Crippen molar-refractivity contribution in [1.82, 2.24) is 4.90 Å². The third-order valence-electron chi connectivity index (χ3n) is 3.30. The van der Waals surface area contributed by atoms with Gasteiger partial charge in [0, 0.05) is 13.1 Å². The summed E-state index contributed by atoms with van der Waals surface area (Å²) in [6, 6.07) is 6.07. The molecule has 18 heavy (non-hydrogen) atoms. The molecule has 0 aliphatic heterocycles. The molecular weight excluding hydrogens is 226 g/mol. The Balaban J connectivity index is 2.67. The summed E-state index contributed by atoms with van der Waals surface area (Å²) in [6.07, 6.45) is 0.544. The Morgan fingerprint density at radius 1 is 1.17 bits per heavy atom. The van der Waals surface area contributed by atoms with Gasteiger partial charge >= 0.3 is 0 Å². The van der Waals surface area contributed by atoms with Crippen molar-refractivity contribution in [3.63, 3.8) is 0 Å². The molecule has 0 aliphatic carbocycles. The molecule has 0 saturated heterocycles. The van der Waals surface area contributed by atoms with E-state index in [1.807, 2.05) is 18.2 Å². The summed E-state index contributed by atoms with van der Waals surface area (Å²) in [5.41, 5.74) is 3.40. The second-order valence-corrected chi connectivity index (χ2v) is 4.88. The maximum Gasteiger partial charge on any atom is 0.0917 e. The molecule has 0 heterocycles. The molecule has 1 rings (SSSR count). The predicted molar refractivity (Wildman–Crippen MR) is 74.7 cm³/mol. The van der Waals surface area contributed by atoms with Crippen LogP contribution < -0.4 is 0 Å². The van der Waals surface area contributed by atoms with Gasteiger partial charge in [-0.05, 0) is 43.5 Å². The average Bonchev–Trinajstić information content (AvgIpc) is 2.33. The Bertz CT molecular complexity index is 360. The predicted octanol–water partition coefficient (Wildman–Crippen LogP) is 2.04. The van der Waals surface area contributed by atoms with Gasteiger partial charge in [-0.15, -0.1) is 0 Å². The van der Waals surface area contributed by atoms with Crippen molar-refractivity contribution in [2.24, 2.45) is 0 Å². The second kappa shape index (κ2) is 7.52. The van der Waals surface area contributed by atoms with Crippen molar-refractivity contribution >= 4 is 0 Å². The van der Waals surface area contributed by atoms with E-state index in [9.17, 15) is 5.11 Å². The van der Waals surface area contributed by atoms with Gasteiger partial charge in [0.05, 0.1) is 12.7 Å². The lowest BCUT2D eigenvalue weighted by atomic mass is 10.0. The van der Waals surface area contributed by atoms with E-state index in [0.717, 1.165) is 18.5 Å². The van der Waals surface area contributed by atoms with Crippen LogP contribution in [0.15, 0.2) is 18.2 Å².